The van der Waals surface area contributed by atoms with Crippen molar-refractivity contribution in [3.05, 3.63) is 0 Å². The molecule has 0 amide bonds. The molecule has 18 heavy (non-hydrogen) atoms. The zero-order valence-electron chi connectivity index (χ0n) is 11.4. The molecule has 0 radical (unpaired) electrons. The third-order valence-corrected chi connectivity index (χ3v) is 5.24. The molecule has 0 aromatic carbocycles. The van der Waals surface area contributed by atoms with Crippen LogP contribution in [0.15, 0.2) is 0 Å². The summed E-state index contributed by atoms with van der Waals surface area (Å²) in [6.45, 7) is 4.09. The van der Waals surface area contributed by atoms with E-state index in [1.165, 1.54) is 58.0 Å². The fourth-order valence-corrected chi connectivity index (χ4v) is 4.51. The second-order valence-corrected chi connectivity index (χ2v) is 6.32. The van der Waals surface area contributed by atoms with Crippen molar-refractivity contribution >= 4 is 5.97 Å². The number of carbonyl (C=O) groups excluding carboxylic acids is 1. The van der Waals surface area contributed by atoms with E-state index in [1.54, 1.807) is 6.92 Å². The highest BCUT2D eigenvalue weighted by atomic mass is 16.5. The second-order valence-electron chi connectivity index (χ2n) is 6.32. The first-order chi connectivity index (χ1) is 8.75. The van der Waals surface area contributed by atoms with Gasteiger partial charge in [0.15, 0.2) is 0 Å². The molecule has 1 aliphatic heterocycles. The zero-order valence-corrected chi connectivity index (χ0v) is 11.4. The molecule has 3 nitrogen and oxygen atoms in total. The normalized spacial score (nSPS) is 40.7. The van der Waals surface area contributed by atoms with Crippen LogP contribution in [0.2, 0.25) is 0 Å². The van der Waals surface area contributed by atoms with Crippen LogP contribution in [0, 0.1) is 11.8 Å². The Hall–Kier alpha value is -0.570. The van der Waals surface area contributed by atoms with Crippen molar-refractivity contribution in [3.8, 4) is 0 Å². The quantitative estimate of drug-likeness (QED) is 0.707. The Morgan fingerprint density at radius 1 is 1.06 bits per heavy atom. The van der Waals surface area contributed by atoms with E-state index in [2.05, 4.69) is 4.90 Å². The summed E-state index contributed by atoms with van der Waals surface area (Å²) in [6.07, 6.45) is 9.36. The van der Waals surface area contributed by atoms with Gasteiger partial charge in [0.2, 0.25) is 0 Å². The van der Waals surface area contributed by atoms with Gasteiger partial charge in [-0.1, -0.05) is 6.42 Å². The number of nitrogens with zero attached hydrogens (tertiary/aromatic N) is 1. The molecule has 2 saturated carbocycles. The molecule has 3 aliphatic rings. The summed E-state index contributed by atoms with van der Waals surface area (Å²) in [5.74, 6) is 1.17. The van der Waals surface area contributed by atoms with Gasteiger partial charge in [0.1, 0.15) is 6.10 Å². The fraction of sp³-hybridized carbons (Fsp3) is 0.933. The summed E-state index contributed by atoms with van der Waals surface area (Å²) in [6, 6.07) is 0.688. The van der Waals surface area contributed by atoms with Gasteiger partial charge in [0, 0.05) is 18.9 Å². The third-order valence-electron chi connectivity index (χ3n) is 5.24. The van der Waals surface area contributed by atoms with Crippen molar-refractivity contribution in [1.29, 1.82) is 0 Å². The monoisotopic (exact) mass is 251 g/mol. The molecule has 0 unspecified atom stereocenters. The van der Waals surface area contributed by atoms with Crippen LogP contribution in [0.25, 0.3) is 0 Å². The molecule has 2 aliphatic carbocycles. The Bertz CT molecular complexity index is 312. The van der Waals surface area contributed by atoms with Gasteiger partial charge in [-0.3, -0.25) is 9.69 Å². The number of rotatable bonds is 2. The van der Waals surface area contributed by atoms with Gasteiger partial charge in [-0.15, -0.1) is 0 Å². The molecule has 1 saturated heterocycles. The summed E-state index contributed by atoms with van der Waals surface area (Å²) in [4.78, 5) is 14.0. The van der Waals surface area contributed by atoms with E-state index in [9.17, 15) is 4.79 Å². The van der Waals surface area contributed by atoms with Crippen LogP contribution < -0.4 is 0 Å². The molecular formula is C15H25NO2. The molecule has 0 spiro atoms. The molecule has 2 bridgehead atoms. The predicted octanol–water partition coefficient (Wildman–Crippen LogP) is 2.59. The Morgan fingerprint density at radius 3 is 2.56 bits per heavy atom. The Labute approximate surface area is 110 Å². The molecular weight excluding hydrogens is 226 g/mol. The van der Waals surface area contributed by atoms with E-state index in [4.69, 9.17) is 4.74 Å². The summed E-state index contributed by atoms with van der Waals surface area (Å²) >= 11 is 0. The van der Waals surface area contributed by atoms with Crippen LogP contribution in [-0.4, -0.2) is 36.1 Å². The van der Waals surface area contributed by atoms with Crippen molar-refractivity contribution in [3.63, 3.8) is 0 Å². The Balaban J connectivity index is 1.74. The van der Waals surface area contributed by atoms with Crippen molar-refractivity contribution in [2.45, 2.75) is 64.0 Å². The van der Waals surface area contributed by atoms with Crippen LogP contribution in [0.5, 0.6) is 0 Å². The molecule has 0 aromatic rings. The number of fused-ring (bicyclic) bond motifs is 2. The van der Waals surface area contributed by atoms with Crippen LogP contribution in [0.4, 0.5) is 0 Å². The predicted molar refractivity (Wildman–Crippen MR) is 70.2 cm³/mol. The summed E-state index contributed by atoms with van der Waals surface area (Å²) in [5, 5.41) is 0. The lowest BCUT2D eigenvalue weighted by Gasteiger charge is -2.48. The lowest BCUT2D eigenvalue weighted by Crippen LogP contribution is -2.52. The SMILES string of the molecule is CC(=O)O[C@@H]1[C@H]2CCC[C@@H]1[C@@H](N1CCCC1)CC2. The van der Waals surface area contributed by atoms with Crippen LogP contribution in [0.3, 0.4) is 0 Å². The number of hydrogen-bond acceptors (Lipinski definition) is 3. The Morgan fingerprint density at radius 2 is 1.83 bits per heavy atom. The second kappa shape index (κ2) is 5.20. The lowest BCUT2D eigenvalue weighted by atomic mass is 9.67. The van der Waals surface area contributed by atoms with E-state index in [1.807, 2.05) is 0 Å². The van der Waals surface area contributed by atoms with Crippen molar-refractivity contribution < 1.29 is 9.53 Å². The summed E-state index contributed by atoms with van der Waals surface area (Å²) < 4.78 is 5.68. The average molecular weight is 251 g/mol. The maximum absolute atomic E-state index is 11.3. The van der Waals surface area contributed by atoms with E-state index >= 15 is 0 Å². The van der Waals surface area contributed by atoms with E-state index in [-0.39, 0.29) is 12.1 Å². The number of carbonyl (C=O) groups is 1. The van der Waals surface area contributed by atoms with Gasteiger partial charge >= 0.3 is 5.97 Å². The fourth-order valence-electron chi connectivity index (χ4n) is 4.51. The standard InChI is InChI=1S/C15H25NO2/c1-11(17)18-15-12-5-4-6-13(15)14(8-7-12)16-9-2-3-10-16/h12-15H,2-10H2,1H3/t12-,13+,14-,15+/m0/s1. The first-order valence-corrected chi connectivity index (χ1v) is 7.67. The molecule has 3 rings (SSSR count). The van der Waals surface area contributed by atoms with Gasteiger partial charge in [0.25, 0.3) is 0 Å². The van der Waals surface area contributed by atoms with E-state index in [0.717, 1.165) is 0 Å². The number of esters is 1. The molecule has 0 N–H and O–H groups in total. The Kier molecular flexibility index (Phi) is 3.60. The largest absolute Gasteiger partial charge is 0.462 e. The van der Waals surface area contributed by atoms with Crippen LogP contribution in [-0.2, 0) is 9.53 Å². The summed E-state index contributed by atoms with van der Waals surface area (Å²) in [7, 11) is 0. The first kappa shape index (κ1) is 12.5. The van der Waals surface area contributed by atoms with E-state index in [0.29, 0.717) is 17.9 Å². The minimum absolute atomic E-state index is 0.0843. The van der Waals surface area contributed by atoms with Gasteiger partial charge in [0.05, 0.1) is 0 Å². The molecule has 0 aromatic heterocycles. The van der Waals surface area contributed by atoms with Crippen molar-refractivity contribution in [2.75, 3.05) is 13.1 Å². The van der Waals surface area contributed by atoms with Gasteiger partial charge in [-0.25, -0.2) is 0 Å². The average Bonchev–Trinajstić information content (AvgIpc) is 2.81. The summed E-state index contributed by atoms with van der Waals surface area (Å²) in [5.41, 5.74) is 0. The molecule has 1 heterocycles. The number of ether oxygens (including phenoxy) is 1. The molecule has 3 fully saturated rings. The minimum atomic E-state index is -0.0843. The molecule has 4 atom stereocenters. The zero-order chi connectivity index (χ0) is 12.5. The van der Waals surface area contributed by atoms with Gasteiger partial charge < -0.3 is 4.74 Å². The highest BCUT2D eigenvalue weighted by Gasteiger charge is 2.45. The number of hydrogen-bond donors (Lipinski definition) is 0. The lowest BCUT2D eigenvalue weighted by molar-refractivity contribution is -0.161. The van der Waals surface area contributed by atoms with Crippen molar-refractivity contribution in [2.24, 2.45) is 11.8 Å². The minimum Gasteiger partial charge on any atom is -0.462 e. The highest BCUT2D eigenvalue weighted by Crippen LogP contribution is 2.44. The number of likely N-dealkylation sites (tertiary alicyclic amines) is 1. The maximum Gasteiger partial charge on any atom is 0.302 e. The first-order valence-electron chi connectivity index (χ1n) is 7.67. The van der Waals surface area contributed by atoms with Crippen LogP contribution in [0.1, 0.15) is 51.9 Å². The van der Waals surface area contributed by atoms with E-state index < -0.39 is 0 Å². The smallest absolute Gasteiger partial charge is 0.302 e. The van der Waals surface area contributed by atoms with Crippen molar-refractivity contribution in [1.82, 2.24) is 4.90 Å². The van der Waals surface area contributed by atoms with Crippen LogP contribution >= 0.6 is 0 Å². The highest BCUT2D eigenvalue weighted by molar-refractivity contribution is 5.66. The molecule has 102 valence electrons. The molecule has 3 heteroatoms. The van der Waals surface area contributed by atoms with Gasteiger partial charge in [-0.2, -0.15) is 0 Å². The topological polar surface area (TPSA) is 29.5 Å². The third kappa shape index (κ3) is 2.29. The maximum atomic E-state index is 11.3. The van der Waals surface area contributed by atoms with Gasteiger partial charge in [-0.05, 0) is 57.5 Å².